The molecule has 1 aliphatic rings. The average molecular weight is 426 g/mol. The van der Waals surface area contributed by atoms with Crippen LogP contribution in [0.5, 0.6) is 0 Å². The zero-order valence-corrected chi connectivity index (χ0v) is 17.6. The number of thiazole rings is 1. The molecule has 6 nitrogen and oxygen atoms in total. The number of aromatic nitrogens is 1. The van der Waals surface area contributed by atoms with Crippen molar-refractivity contribution in [2.75, 3.05) is 24.2 Å². The van der Waals surface area contributed by atoms with E-state index in [-0.39, 0.29) is 29.9 Å². The van der Waals surface area contributed by atoms with E-state index in [1.54, 1.807) is 12.1 Å². The zero-order valence-electron chi connectivity index (χ0n) is 15.9. The van der Waals surface area contributed by atoms with Crippen LogP contribution in [0.25, 0.3) is 11.3 Å². The topological polar surface area (TPSA) is 79.4 Å². The van der Waals surface area contributed by atoms with Crippen LogP contribution in [0.15, 0.2) is 24.3 Å². The van der Waals surface area contributed by atoms with Gasteiger partial charge in [-0.25, -0.2) is 22.1 Å². The molecule has 0 unspecified atom stereocenters. The Morgan fingerprint density at radius 3 is 2.75 bits per heavy atom. The van der Waals surface area contributed by atoms with Crippen molar-refractivity contribution < 1.29 is 17.6 Å². The smallest absolute Gasteiger partial charge is 0.230 e. The standard InChI is InChI=1S/C19H24FN3O3S2/c1-3-11-28(25,26)23-10-4-5-15(12-23)18(24)22-19-21-17(13(2)27-19)14-6-8-16(20)9-7-14/h6-9,15H,3-5,10-12H2,1-2H3,(H,21,22,24)/t15-/m1/s1. The van der Waals surface area contributed by atoms with Crippen LogP contribution in [0.4, 0.5) is 9.52 Å². The fourth-order valence-corrected chi connectivity index (χ4v) is 5.76. The molecule has 1 N–H and O–H groups in total. The maximum absolute atomic E-state index is 13.1. The van der Waals surface area contributed by atoms with Crippen molar-refractivity contribution in [1.29, 1.82) is 0 Å². The van der Waals surface area contributed by atoms with Gasteiger partial charge in [0, 0.05) is 23.5 Å². The first-order valence-corrected chi connectivity index (χ1v) is 11.7. The molecule has 0 bridgehead atoms. The minimum atomic E-state index is -3.31. The maximum atomic E-state index is 13.1. The van der Waals surface area contributed by atoms with Crippen molar-refractivity contribution in [2.24, 2.45) is 5.92 Å². The van der Waals surface area contributed by atoms with Crippen LogP contribution in [-0.4, -0.2) is 42.5 Å². The number of aryl methyl sites for hydroxylation is 1. The number of halogens is 1. The van der Waals surface area contributed by atoms with Crippen molar-refractivity contribution in [1.82, 2.24) is 9.29 Å². The van der Waals surface area contributed by atoms with Crippen LogP contribution in [0.3, 0.4) is 0 Å². The van der Waals surface area contributed by atoms with Gasteiger partial charge in [0.15, 0.2) is 5.13 Å². The molecule has 0 spiro atoms. The Bertz CT molecular complexity index is 942. The summed E-state index contributed by atoms with van der Waals surface area (Å²) in [4.78, 5) is 18.1. The van der Waals surface area contributed by atoms with Crippen molar-refractivity contribution in [3.8, 4) is 11.3 Å². The molecule has 152 valence electrons. The van der Waals surface area contributed by atoms with Gasteiger partial charge < -0.3 is 5.32 Å². The van der Waals surface area contributed by atoms with E-state index in [1.807, 2.05) is 13.8 Å². The second-order valence-corrected chi connectivity index (χ2v) is 10.2. The summed E-state index contributed by atoms with van der Waals surface area (Å²) >= 11 is 1.35. The van der Waals surface area contributed by atoms with Crippen molar-refractivity contribution in [3.05, 3.63) is 35.0 Å². The number of hydrogen-bond donors (Lipinski definition) is 1. The summed E-state index contributed by atoms with van der Waals surface area (Å²) < 4.78 is 39.2. The quantitative estimate of drug-likeness (QED) is 0.766. The molecule has 9 heteroatoms. The van der Waals surface area contributed by atoms with E-state index in [0.29, 0.717) is 36.6 Å². The molecule has 1 aromatic carbocycles. The van der Waals surface area contributed by atoms with E-state index in [2.05, 4.69) is 10.3 Å². The van der Waals surface area contributed by atoms with Gasteiger partial charge in [0.1, 0.15) is 5.82 Å². The number of nitrogens with zero attached hydrogens (tertiary/aromatic N) is 2. The second kappa shape index (κ2) is 8.67. The van der Waals surface area contributed by atoms with Gasteiger partial charge >= 0.3 is 0 Å². The lowest BCUT2D eigenvalue weighted by atomic mass is 9.99. The van der Waals surface area contributed by atoms with Crippen molar-refractivity contribution in [2.45, 2.75) is 33.1 Å². The highest BCUT2D eigenvalue weighted by molar-refractivity contribution is 7.89. The van der Waals surface area contributed by atoms with Crippen LogP contribution >= 0.6 is 11.3 Å². The van der Waals surface area contributed by atoms with Gasteiger partial charge in [-0.15, -0.1) is 11.3 Å². The first-order valence-electron chi connectivity index (χ1n) is 9.32. The molecule has 1 fully saturated rings. The summed E-state index contributed by atoms with van der Waals surface area (Å²) in [5, 5.41) is 3.30. The molecule has 1 atom stereocenters. The fourth-order valence-electron chi connectivity index (χ4n) is 3.33. The molecule has 0 saturated carbocycles. The fraction of sp³-hybridized carbons (Fsp3) is 0.474. The number of sulfonamides is 1. The third-order valence-electron chi connectivity index (χ3n) is 4.75. The number of amides is 1. The lowest BCUT2D eigenvalue weighted by Crippen LogP contribution is -2.44. The van der Waals surface area contributed by atoms with Crippen molar-refractivity contribution >= 4 is 32.4 Å². The summed E-state index contributed by atoms with van der Waals surface area (Å²) in [7, 11) is -3.31. The van der Waals surface area contributed by atoms with Gasteiger partial charge in [-0.3, -0.25) is 4.79 Å². The SMILES string of the molecule is CCCS(=O)(=O)N1CCC[C@@H](C(=O)Nc2nc(-c3ccc(F)cc3)c(C)s2)C1. The molecular weight excluding hydrogens is 401 g/mol. The van der Waals surface area contributed by atoms with Crippen LogP contribution in [0.1, 0.15) is 31.1 Å². The summed E-state index contributed by atoms with van der Waals surface area (Å²) in [5.41, 5.74) is 1.49. The summed E-state index contributed by atoms with van der Waals surface area (Å²) in [6.07, 6.45) is 1.87. The molecule has 0 aliphatic carbocycles. The van der Waals surface area contributed by atoms with Crippen LogP contribution < -0.4 is 5.32 Å². The number of piperidine rings is 1. The van der Waals surface area contributed by atoms with E-state index in [9.17, 15) is 17.6 Å². The van der Waals surface area contributed by atoms with Gasteiger partial charge in [0.05, 0.1) is 17.4 Å². The molecule has 0 radical (unpaired) electrons. The van der Waals surface area contributed by atoms with Gasteiger partial charge in [-0.2, -0.15) is 0 Å². The molecular formula is C19H24FN3O3S2. The van der Waals surface area contributed by atoms with Gasteiger partial charge in [0.2, 0.25) is 15.9 Å². The lowest BCUT2D eigenvalue weighted by Gasteiger charge is -2.30. The van der Waals surface area contributed by atoms with Gasteiger partial charge in [-0.05, 0) is 50.5 Å². The first kappa shape index (κ1) is 20.9. The maximum Gasteiger partial charge on any atom is 0.230 e. The minimum absolute atomic E-state index is 0.105. The molecule has 2 heterocycles. The van der Waals surface area contributed by atoms with E-state index in [0.717, 1.165) is 10.4 Å². The van der Waals surface area contributed by atoms with E-state index in [1.165, 1.54) is 27.8 Å². The molecule has 28 heavy (non-hydrogen) atoms. The summed E-state index contributed by atoms with van der Waals surface area (Å²) in [6, 6.07) is 6.06. The monoisotopic (exact) mass is 425 g/mol. The Morgan fingerprint density at radius 2 is 2.07 bits per heavy atom. The Kier molecular flexibility index (Phi) is 6.47. The van der Waals surface area contributed by atoms with Gasteiger partial charge in [0.25, 0.3) is 0 Å². The number of anilines is 1. The lowest BCUT2D eigenvalue weighted by molar-refractivity contribution is -0.120. The average Bonchev–Trinajstić information content (AvgIpc) is 3.02. The Labute approximate surface area is 168 Å². The Hall–Kier alpha value is -1.84. The van der Waals surface area contributed by atoms with E-state index < -0.39 is 10.0 Å². The number of rotatable bonds is 6. The molecule has 1 saturated heterocycles. The Morgan fingerprint density at radius 1 is 1.36 bits per heavy atom. The predicted octanol–water partition coefficient (Wildman–Crippen LogP) is 3.65. The van der Waals surface area contributed by atoms with Gasteiger partial charge in [-0.1, -0.05) is 6.92 Å². The summed E-state index contributed by atoms with van der Waals surface area (Å²) in [5.74, 6) is -0.812. The highest BCUT2D eigenvalue weighted by Crippen LogP contribution is 2.31. The third-order valence-corrected chi connectivity index (χ3v) is 7.68. The predicted molar refractivity (Wildman–Crippen MR) is 109 cm³/mol. The molecule has 1 aliphatic heterocycles. The number of hydrogen-bond acceptors (Lipinski definition) is 5. The second-order valence-electron chi connectivity index (χ2n) is 6.93. The van der Waals surface area contributed by atoms with E-state index >= 15 is 0 Å². The number of carbonyl (C=O) groups is 1. The van der Waals surface area contributed by atoms with Crippen molar-refractivity contribution in [3.63, 3.8) is 0 Å². The van der Waals surface area contributed by atoms with Crippen LogP contribution in [-0.2, 0) is 14.8 Å². The summed E-state index contributed by atoms with van der Waals surface area (Å²) in [6.45, 7) is 4.40. The van der Waals surface area contributed by atoms with E-state index in [4.69, 9.17) is 0 Å². The Balaban J connectivity index is 1.69. The third kappa shape index (κ3) is 4.76. The number of nitrogens with one attached hydrogen (secondary N) is 1. The highest BCUT2D eigenvalue weighted by atomic mass is 32.2. The van der Waals surface area contributed by atoms with Crippen LogP contribution in [0.2, 0.25) is 0 Å². The molecule has 3 rings (SSSR count). The molecule has 1 amide bonds. The zero-order chi connectivity index (χ0) is 20.3. The minimum Gasteiger partial charge on any atom is -0.302 e. The first-order chi connectivity index (χ1) is 13.3. The van der Waals surface area contributed by atoms with Crippen LogP contribution in [0, 0.1) is 18.7 Å². The molecule has 2 aromatic rings. The largest absolute Gasteiger partial charge is 0.302 e. The normalized spacial score (nSPS) is 18.2. The highest BCUT2D eigenvalue weighted by Gasteiger charge is 2.32. The number of benzene rings is 1. The number of carbonyl (C=O) groups excluding carboxylic acids is 1. The molecule has 1 aromatic heterocycles.